The molecule has 0 bridgehead atoms. The molecular weight excluding hydrogens is 180 g/mol. The number of carbonyl (C=O) groups is 1. The molecule has 0 unspecified atom stereocenters. The molecule has 2 aromatic rings. The lowest BCUT2D eigenvalue weighted by Gasteiger charge is -1.91. The summed E-state index contributed by atoms with van der Waals surface area (Å²) >= 11 is 0. The van der Waals surface area contributed by atoms with Crippen LogP contribution in [0.15, 0.2) is 28.7 Å². The number of ketones is 1. The molecule has 1 aromatic heterocycles. The Morgan fingerprint density at radius 3 is 2.79 bits per heavy atom. The number of hydrogen-bond acceptors (Lipinski definition) is 3. The van der Waals surface area contributed by atoms with Gasteiger partial charge in [-0.05, 0) is 19.1 Å². The van der Waals surface area contributed by atoms with E-state index in [0.717, 1.165) is 0 Å². The van der Waals surface area contributed by atoms with Crippen molar-refractivity contribution in [2.75, 3.05) is 0 Å². The van der Waals surface area contributed by atoms with Gasteiger partial charge in [-0.3, -0.25) is 4.79 Å². The highest BCUT2D eigenvalue weighted by atomic mass is 16.4. The first-order valence-electron chi connectivity index (χ1n) is 4.37. The van der Waals surface area contributed by atoms with E-state index in [9.17, 15) is 9.90 Å². The zero-order valence-electron chi connectivity index (χ0n) is 7.78. The van der Waals surface area contributed by atoms with Gasteiger partial charge in [-0.1, -0.05) is 12.1 Å². The number of Topliss-reactive ketones (excluding diaryl/α,β-unsaturated/α-hetero) is 1. The molecule has 3 heteroatoms. The Bertz CT molecular complexity index is 482. The van der Waals surface area contributed by atoms with Gasteiger partial charge in [-0.15, -0.1) is 0 Å². The fourth-order valence-electron chi connectivity index (χ4n) is 1.43. The van der Waals surface area contributed by atoms with Gasteiger partial charge in [0.1, 0.15) is 11.4 Å². The first kappa shape index (κ1) is 8.81. The van der Waals surface area contributed by atoms with Crippen LogP contribution in [0.4, 0.5) is 0 Å². The summed E-state index contributed by atoms with van der Waals surface area (Å²) < 4.78 is 5.34. The molecule has 0 aliphatic carbocycles. The molecule has 1 N–H and O–H groups in total. The molecule has 1 aromatic carbocycles. The number of aromatic hydroxyl groups is 1. The number of fused-ring (bicyclic) bond motifs is 1. The van der Waals surface area contributed by atoms with Crippen LogP contribution < -0.4 is 0 Å². The van der Waals surface area contributed by atoms with Crippen LogP contribution in [-0.2, 0) is 11.2 Å². The van der Waals surface area contributed by atoms with Crippen molar-refractivity contribution in [2.45, 2.75) is 13.3 Å². The molecule has 0 atom stereocenters. The summed E-state index contributed by atoms with van der Waals surface area (Å²) in [5, 5.41) is 10.3. The van der Waals surface area contributed by atoms with Crippen molar-refractivity contribution >= 4 is 16.8 Å². The van der Waals surface area contributed by atoms with Crippen molar-refractivity contribution in [3.8, 4) is 5.75 Å². The van der Waals surface area contributed by atoms with Crippen molar-refractivity contribution in [1.29, 1.82) is 0 Å². The van der Waals surface area contributed by atoms with Crippen molar-refractivity contribution < 1.29 is 14.3 Å². The van der Waals surface area contributed by atoms with E-state index in [1.54, 1.807) is 12.1 Å². The number of carbonyl (C=O) groups excluding carboxylic acids is 1. The molecular formula is C11H10O3. The van der Waals surface area contributed by atoms with E-state index in [1.165, 1.54) is 6.92 Å². The maximum Gasteiger partial charge on any atom is 0.165 e. The Labute approximate surface area is 81.0 Å². The summed E-state index contributed by atoms with van der Waals surface area (Å²) in [5.74, 6) is 0.397. The van der Waals surface area contributed by atoms with E-state index in [4.69, 9.17) is 4.42 Å². The molecule has 1 heterocycles. The highest BCUT2D eigenvalue weighted by Crippen LogP contribution is 2.31. The predicted molar refractivity (Wildman–Crippen MR) is 52.3 cm³/mol. The standard InChI is InChI=1S/C11H10O3/c1-7(12)6-10-11(13)8-4-2-3-5-9(8)14-10/h2-5,13H,6H2,1H3. The minimum Gasteiger partial charge on any atom is -0.504 e. The molecule has 0 spiro atoms. The Morgan fingerprint density at radius 2 is 2.14 bits per heavy atom. The van der Waals surface area contributed by atoms with Crippen LogP contribution in [0.3, 0.4) is 0 Å². The molecule has 0 aliphatic rings. The van der Waals surface area contributed by atoms with Crippen LogP contribution >= 0.6 is 0 Å². The predicted octanol–water partition coefficient (Wildman–Crippen LogP) is 2.27. The topological polar surface area (TPSA) is 50.4 Å². The molecule has 0 fully saturated rings. The molecule has 0 saturated carbocycles. The van der Waals surface area contributed by atoms with E-state index in [1.807, 2.05) is 12.1 Å². The van der Waals surface area contributed by atoms with Gasteiger partial charge >= 0.3 is 0 Å². The Morgan fingerprint density at radius 1 is 1.43 bits per heavy atom. The van der Waals surface area contributed by atoms with Gasteiger partial charge in [0.15, 0.2) is 11.5 Å². The highest BCUT2D eigenvalue weighted by molar-refractivity contribution is 5.87. The molecule has 14 heavy (non-hydrogen) atoms. The van der Waals surface area contributed by atoms with Gasteiger partial charge in [-0.25, -0.2) is 0 Å². The van der Waals surface area contributed by atoms with E-state index in [0.29, 0.717) is 16.7 Å². The van der Waals surface area contributed by atoms with Crippen molar-refractivity contribution in [1.82, 2.24) is 0 Å². The SMILES string of the molecule is CC(=O)Cc1oc2ccccc2c1O. The van der Waals surface area contributed by atoms with Crippen LogP contribution in [0.2, 0.25) is 0 Å². The fourth-order valence-corrected chi connectivity index (χ4v) is 1.43. The lowest BCUT2D eigenvalue weighted by Crippen LogP contribution is -1.94. The number of hydrogen-bond donors (Lipinski definition) is 1. The van der Waals surface area contributed by atoms with Crippen molar-refractivity contribution in [2.24, 2.45) is 0 Å². The van der Waals surface area contributed by atoms with Crippen LogP contribution in [-0.4, -0.2) is 10.9 Å². The van der Waals surface area contributed by atoms with Crippen LogP contribution in [0.1, 0.15) is 12.7 Å². The summed E-state index contributed by atoms with van der Waals surface area (Å²) in [4.78, 5) is 10.9. The average Bonchev–Trinajstić information content (AvgIpc) is 2.44. The van der Waals surface area contributed by atoms with Gasteiger partial charge in [-0.2, -0.15) is 0 Å². The molecule has 0 amide bonds. The third kappa shape index (κ3) is 1.37. The molecule has 72 valence electrons. The smallest absolute Gasteiger partial charge is 0.165 e. The summed E-state index contributed by atoms with van der Waals surface area (Å²) in [6, 6.07) is 7.16. The van der Waals surface area contributed by atoms with Crippen LogP contribution in [0.25, 0.3) is 11.0 Å². The van der Waals surface area contributed by atoms with Crippen LogP contribution in [0.5, 0.6) is 5.75 Å². The molecule has 0 radical (unpaired) electrons. The van der Waals surface area contributed by atoms with Gasteiger partial charge in [0.25, 0.3) is 0 Å². The van der Waals surface area contributed by atoms with Gasteiger partial charge in [0, 0.05) is 0 Å². The summed E-state index contributed by atoms with van der Waals surface area (Å²) in [5.41, 5.74) is 0.612. The normalized spacial score (nSPS) is 10.6. The first-order valence-corrected chi connectivity index (χ1v) is 4.37. The second-order valence-electron chi connectivity index (χ2n) is 3.25. The summed E-state index contributed by atoms with van der Waals surface area (Å²) in [6.45, 7) is 1.46. The molecule has 3 nitrogen and oxygen atoms in total. The number of rotatable bonds is 2. The van der Waals surface area contributed by atoms with Gasteiger partial charge in [0.2, 0.25) is 0 Å². The second-order valence-corrected chi connectivity index (χ2v) is 3.25. The van der Waals surface area contributed by atoms with Crippen molar-refractivity contribution in [3.63, 3.8) is 0 Å². The maximum atomic E-state index is 10.9. The second kappa shape index (κ2) is 3.18. The third-order valence-electron chi connectivity index (χ3n) is 2.05. The van der Waals surface area contributed by atoms with Gasteiger partial charge < -0.3 is 9.52 Å². The number of para-hydroxylation sites is 1. The van der Waals surface area contributed by atoms with Crippen LogP contribution in [0, 0.1) is 0 Å². The van der Waals surface area contributed by atoms with E-state index in [-0.39, 0.29) is 18.0 Å². The van der Waals surface area contributed by atoms with Gasteiger partial charge in [0.05, 0.1) is 11.8 Å². The molecule has 0 aliphatic heterocycles. The first-order chi connectivity index (χ1) is 6.68. The van der Waals surface area contributed by atoms with E-state index < -0.39 is 0 Å². The lowest BCUT2D eigenvalue weighted by atomic mass is 10.2. The Kier molecular flexibility index (Phi) is 2.00. The quantitative estimate of drug-likeness (QED) is 0.790. The monoisotopic (exact) mass is 190 g/mol. The molecule has 0 saturated heterocycles. The van der Waals surface area contributed by atoms with Crippen molar-refractivity contribution in [3.05, 3.63) is 30.0 Å². The largest absolute Gasteiger partial charge is 0.504 e. The highest BCUT2D eigenvalue weighted by Gasteiger charge is 2.13. The summed E-state index contributed by atoms with van der Waals surface area (Å²) in [6.07, 6.45) is 0.139. The maximum absolute atomic E-state index is 10.9. The lowest BCUT2D eigenvalue weighted by molar-refractivity contribution is -0.116. The zero-order valence-corrected chi connectivity index (χ0v) is 7.78. The average molecular weight is 190 g/mol. The fraction of sp³-hybridized carbons (Fsp3) is 0.182. The Balaban J connectivity index is 2.57. The third-order valence-corrected chi connectivity index (χ3v) is 2.05. The van der Waals surface area contributed by atoms with E-state index >= 15 is 0 Å². The zero-order chi connectivity index (χ0) is 10.1. The Hall–Kier alpha value is -1.77. The minimum atomic E-state index is -0.0284. The summed E-state index contributed by atoms with van der Waals surface area (Å²) in [7, 11) is 0. The number of furan rings is 1. The van der Waals surface area contributed by atoms with E-state index in [2.05, 4.69) is 0 Å². The minimum absolute atomic E-state index is 0.0284. The number of benzene rings is 1. The molecule has 2 rings (SSSR count).